The summed E-state index contributed by atoms with van der Waals surface area (Å²) in [5.41, 5.74) is 2.11. The number of fused-ring (bicyclic) bond motifs is 1. The average molecular weight is 252 g/mol. The number of para-hydroxylation sites is 1. The van der Waals surface area contributed by atoms with Gasteiger partial charge in [0.2, 0.25) is 0 Å². The quantitative estimate of drug-likeness (QED) is 0.781. The Balaban J connectivity index is 2.23. The molecule has 0 radical (unpaired) electrons. The number of hydrogen-bond acceptors (Lipinski definition) is 2. The Labute approximate surface area is 90.2 Å². The van der Waals surface area contributed by atoms with Crippen molar-refractivity contribution >= 4 is 27.0 Å². The highest BCUT2D eigenvalue weighted by Gasteiger charge is 2.23. The Bertz CT molecular complexity index is 473. The second-order valence-corrected chi connectivity index (χ2v) is 4.58. The molecule has 1 aliphatic rings. The van der Waals surface area contributed by atoms with E-state index in [1.54, 1.807) is 0 Å². The number of aromatic nitrogens is 3. The topological polar surface area (TPSA) is 30.7 Å². The fourth-order valence-corrected chi connectivity index (χ4v) is 2.38. The van der Waals surface area contributed by atoms with E-state index < -0.39 is 0 Å². The van der Waals surface area contributed by atoms with Crippen LogP contribution in [-0.4, -0.2) is 15.0 Å². The highest BCUT2D eigenvalue weighted by Crippen LogP contribution is 2.34. The lowest BCUT2D eigenvalue weighted by atomic mass is 9.93. The fraction of sp³-hybridized carbons (Fsp3) is 0.400. The number of nitrogens with zero attached hydrogens (tertiary/aromatic N) is 3. The van der Waals surface area contributed by atoms with Gasteiger partial charge in [-0.1, -0.05) is 11.3 Å². The monoisotopic (exact) mass is 251 g/mol. The SMILES string of the molecule is Brc1cccc2nnn(C3CCC3)c12. The molecule has 0 aliphatic heterocycles. The van der Waals surface area contributed by atoms with E-state index in [2.05, 4.69) is 30.9 Å². The second kappa shape index (κ2) is 3.05. The van der Waals surface area contributed by atoms with Crippen molar-refractivity contribution in [1.82, 2.24) is 15.0 Å². The van der Waals surface area contributed by atoms with Gasteiger partial charge in [-0.25, -0.2) is 4.68 Å². The summed E-state index contributed by atoms with van der Waals surface area (Å²) in [5, 5.41) is 8.38. The van der Waals surface area contributed by atoms with Crippen LogP contribution >= 0.6 is 15.9 Å². The van der Waals surface area contributed by atoms with Crippen molar-refractivity contribution in [3.05, 3.63) is 22.7 Å². The molecule has 2 aromatic rings. The first-order valence-corrected chi connectivity index (χ1v) is 5.65. The zero-order valence-electron chi connectivity index (χ0n) is 7.65. The first-order chi connectivity index (χ1) is 6.86. The molecule has 3 rings (SSSR count). The lowest BCUT2D eigenvalue weighted by Gasteiger charge is -2.25. The minimum absolute atomic E-state index is 0.568. The summed E-state index contributed by atoms with van der Waals surface area (Å²) in [6.07, 6.45) is 3.79. The minimum atomic E-state index is 0.568. The zero-order chi connectivity index (χ0) is 9.54. The van der Waals surface area contributed by atoms with Gasteiger partial charge in [-0.05, 0) is 47.3 Å². The molecule has 0 spiro atoms. The molecule has 0 unspecified atom stereocenters. The van der Waals surface area contributed by atoms with Crippen LogP contribution in [0.1, 0.15) is 25.3 Å². The Hall–Kier alpha value is -0.900. The van der Waals surface area contributed by atoms with E-state index in [0.29, 0.717) is 6.04 Å². The third kappa shape index (κ3) is 1.10. The second-order valence-electron chi connectivity index (χ2n) is 3.73. The Morgan fingerprint density at radius 2 is 2.21 bits per heavy atom. The van der Waals surface area contributed by atoms with Crippen LogP contribution in [-0.2, 0) is 0 Å². The molecular formula is C10H10BrN3. The molecule has 4 heteroatoms. The molecular weight excluding hydrogens is 242 g/mol. The van der Waals surface area contributed by atoms with Crippen molar-refractivity contribution in [1.29, 1.82) is 0 Å². The van der Waals surface area contributed by atoms with E-state index in [-0.39, 0.29) is 0 Å². The predicted molar refractivity (Wildman–Crippen MR) is 58.1 cm³/mol. The summed E-state index contributed by atoms with van der Waals surface area (Å²) in [6.45, 7) is 0. The van der Waals surface area contributed by atoms with Crippen LogP contribution in [0.5, 0.6) is 0 Å². The molecule has 0 saturated heterocycles. The third-order valence-electron chi connectivity index (χ3n) is 2.86. The van der Waals surface area contributed by atoms with Crippen LogP contribution in [0.25, 0.3) is 11.0 Å². The number of halogens is 1. The first kappa shape index (κ1) is 8.41. The normalized spacial score (nSPS) is 17.2. The lowest BCUT2D eigenvalue weighted by Crippen LogP contribution is -2.18. The highest BCUT2D eigenvalue weighted by atomic mass is 79.9. The van der Waals surface area contributed by atoms with E-state index in [1.165, 1.54) is 19.3 Å². The van der Waals surface area contributed by atoms with Gasteiger partial charge in [-0.3, -0.25) is 0 Å². The smallest absolute Gasteiger partial charge is 0.114 e. The molecule has 1 aliphatic carbocycles. The fourth-order valence-electron chi connectivity index (χ4n) is 1.84. The van der Waals surface area contributed by atoms with E-state index >= 15 is 0 Å². The van der Waals surface area contributed by atoms with Crippen molar-refractivity contribution in [2.24, 2.45) is 0 Å². The summed E-state index contributed by atoms with van der Waals surface area (Å²) >= 11 is 3.55. The standard InChI is InChI=1S/C10H10BrN3/c11-8-5-2-6-9-10(8)14(13-12-9)7-3-1-4-7/h2,5-7H,1,3-4H2. The van der Waals surface area contributed by atoms with Gasteiger partial charge in [0.15, 0.2) is 0 Å². The highest BCUT2D eigenvalue weighted by molar-refractivity contribution is 9.10. The summed E-state index contributed by atoms with van der Waals surface area (Å²) in [6, 6.07) is 6.61. The van der Waals surface area contributed by atoms with Crippen LogP contribution < -0.4 is 0 Å². The number of hydrogen-bond donors (Lipinski definition) is 0. The summed E-state index contributed by atoms with van der Waals surface area (Å²) in [7, 11) is 0. The maximum absolute atomic E-state index is 4.21. The van der Waals surface area contributed by atoms with Crippen molar-refractivity contribution in [3.63, 3.8) is 0 Å². The molecule has 1 aromatic carbocycles. The maximum Gasteiger partial charge on any atom is 0.114 e. The van der Waals surface area contributed by atoms with Crippen LogP contribution in [0.3, 0.4) is 0 Å². The van der Waals surface area contributed by atoms with Crippen LogP contribution in [0.4, 0.5) is 0 Å². The lowest BCUT2D eigenvalue weighted by molar-refractivity contribution is 0.292. The molecule has 0 atom stereocenters. The van der Waals surface area contributed by atoms with E-state index in [1.807, 2.05) is 18.2 Å². The van der Waals surface area contributed by atoms with Crippen molar-refractivity contribution in [2.75, 3.05) is 0 Å². The molecule has 1 fully saturated rings. The maximum atomic E-state index is 4.21. The van der Waals surface area contributed by atoms with E-state index in [9.17, 15) is 0 Å². The molecule has 1 heterocycles. The van der Waals surface area contributed by atoms with Gasteiger partial charge in [0.25, 0.3) is 0 Å². The predicted octanol–water partition coefficient (Wildman–Crippen LogP) is 2.92. The molecule has 3 nitrogen and oxygen atoms in total. The molecule has 0 amide bonds. The van der Waals surface area contributed by atoms with Gasteiger partial charge in [0.1, 0.15) is 11.0 Å². The Morgan fingerprint density at radius 3 is 2.93 bits per heavy atom. The molecule has 0 bridgehead atoms. The molecule has 1 aromatic heterocycles. The van der Waals surface area contributed by atoms with Crippen LogP contribution in [0.2, 0.25) is 0 Å². The van der Waals surface area contributed by atoms with Crippen LogP contribution in [0, 0.1) is 0 Å². The van der Waals surface area contributed by atoms with Crippen LogP contribution in [0.15, 0.2) is 22.7 Å². The van der Waals surface area contributed by atoms with Gasteiger partial charge >= 0.3 is 0 Å². The molecule has 14 heavy (non-hydrogen) atoms. The minimum Gasteiger partial charge on any atom is -0.240 e. The van der Waals surface area contributed by atoms with Crippen molar-refractivity contribution in [3.8, 4) is 0 Å². The molecule has 0 N–H and O–H groups in total. The average Bonchev–Trinajstić information content (AvgIpc) is 2.47. The number of benzene rings is 1. The van der Waals surface area contributed by atoms with Gasteiger partial charge in [-0.2, -0.15) is 0 Å². The van der Waals surface area contributed by atoms with Gasteiger partial charge < -0.3 is 0 Å². The first-order valence-electron chi connectivity index (χ1n) is 4.85. The molecule has 72 valence electrons. The number of rotatable bonds is 1. The summed E-state index contributed by atoms with van der Waals surface area (Å²) in [4.78, 5) is 0. The van der Waals surface area contributed by atoms with Gasteiger partial charge in [-0.15, -0.1) is 5.10 Å². The van der Waals surface area contributed by atoms with Gasteiger partial charge in [0.05, 0.1) is 6.04 Å². The van der Waals surface area contributed by atoms with E-state index in [0.717, 1.165) is 15.5 Å². The Morgan fingerprint density at radius 1 is 1.36 bits per heavy atom. The summed E-state index contributed by atoms with van der Waals surface area (Å²) < 4.78 is 3.15. The van der Waals surface area contributed by atoms with Crippen molar-refractivity contribution in [2.45, 2.75) is 25.3 Å². The van der Waals surface area contributed by atoms with Gasteiger partial charge in [0, 0.05) is 4.47 Å². The molecule has 1 saturated carbocycles. The Kier molecular flexibility index (Phi) is 1.83. The summed E-state index contributed by atoms with van der Waals surface area (Å²) in [5.74, 6) is 0. The largest absolute Gasteiger partial charge is 0.240 e. The van der Waals surface area contributed by atoms with Crippen molar-refractivity contribution < 1.29 is 0 Å². The zero-order valence-corrected chi connectivity index (χ0v) is 9.24. The van der Waals surface area contributed by atoms with E-state index in [4.69, 9.17) is 0 Å². The third-order valence-corrected chi connectivity index (χ3v) is 3.50.